The van der Waals surface area contributed by atoms with Gasteiger partial charge in [0.05, 0.1) is 12.7 Å². The van der Waals surface area contributed by atoms with Gasteiger partial charge in [0.2, 0.25) is 0 Å². The van der Waals surface area contributed by atoms with Crippen molar-refractivity contribution in [1.82, 2.24) is 0 Å². The third-order valence-electron chi connectivity index (χ3n) is 2.94. The van der Waals surface area contributed by atoms with Crippen LogP contribution in [-0.4, -0.2) is 17.8 Å². The number of aliphatic hydroxyl groups is 1. The van der Waals surface area contributed by atoms with Gasteiger partial charge < -0.3 is 9.84 Å². The molecule has 2 heteroatoms. The third-order valence-corrected chi connectivity index (χ3v) is 2.94. The Morgan fingerprint density at radius 2 is 1.76 bits per heavy atom. The van der Waals surface area contributed by atoms with Gasteiger partial charge in [-0.05, 0) is 42.9 Å². The summed E-state index contributed by atoms with van der Waals surface area (Å²) < 4.78 is 5.39. The van der Waals surface area contributed by atoms with Crippen LogP contribution in [0.4, 0.5) is 0 Å². The molecule has 1 aromatic rings. The molecule has 0 heterocycles. The van der Waals surface area contributed by atoms with Gasteiger partial charge in [-0.3, -0.25) is 0 Å². The molecule has 0 aliphatic rings. The van der Waals surface area contributed by atoms with Crippen LogP contribution < -0.4 is 4.74 Å². The molecule has 96 valence electrons. The molecule has 17 heavy (non-hydrogen) atoms. The molecule has 2 nitrogen and oxygen atoms in total. The zero-order valence-corrected chi connectivity index (χ0v) is 11.4. The Kier molecular flexibility index (Phi) is 5.01. The largest absolute Gasteiger partial charge is 0.494 e. The van der Waals surface area contributed by atoms with E-state index in [0.717, 1.165) is 18.6 Å². The second-order valence-corrected chi connectivity index (χ2v) is 5.50. The molecule has 0 aliphatic heterocycles. The molecule has 0 radical (unpaired) electrons. The number of aryl methyl sites for hydroxylation is 1. The summed E-state index contributed by atoms with van der Waals surface area (Å²) in [4.78, 5) is 0. The van der Waals surface area contributed by atoms with Gasteiger partial charge in [-0.1, -0.05) is 32.9 Å². The maximum absolute atomic E-state index is 9.96. The zero-order valence-electron chi connectivity index (χ0n) is 11.4. The SMILES string of the molecule is CCOc1ccc(CCC(O)C(C)(C)C)cc1. The highest BCUT2D eigenvalue weighted by Crippen LogP contribution is 2.23. The Bertz CT molecular complexity index is 322. The quantitative estimate of drug-likeness (QED) is 0.848. The van der Waals surface area contributed by atoms with Crippen LogP contribution in [0.5, 0.6) is 5.75 Å². The summed E-state index contributed by atoms with van der Waals surface area (Å²) in [6.07, 6.45) is 1.46. The summed E-state index contributed by atoms with van der Waals surface area (Å²) in [5, 5.41) is 9.96. The van der Waals surface area contributed by atoms with Crippen LogP contribution in [0.1, 0.15) is 39.7 Å². The summed E-state index contributed by atoms with van der Waals surface area (Å²) >= 11 is 0. The van der Waals surface area contributed by atoms with Crippen molar-refractivity contribution in [3.8, 4) is 5.75 Å². The van der Waals surface area contributed by atoms with Crippen molar-refractivity contribution in [3.05, 3.63) is 29.8 Å². The van der Waals surface area contributed by atoms with E-state index in [1.165, 1.54) is 5.56 Å². The number of hydrogen-bond donors (Lipinski definition) is 1. The Balaban J connectivity index is 2.47. The molecular formula is C15H24O2. The number of benzene rings is 1. The Morgan fingerprint density at radius 3 is 2.24 bits per heavy atom. The fourth-order valence-corrected chi connectivity index (χ4v) is 1.66. The van der Waals surface area contributed by atoms with E-state index in [0.29, 0.717) is 6.61 Å². The number of aliphatic hydroxyl groups excluding tert-OH is 1. The van der Waals surface area contributed by atoms with Gasteiger partial charge in [0.25, 0.3) is 0 Å². The molecule has 1 N–H and O–H groups in total. The van der Waals surface area contributed by atoms with Gasteiger partial charge in [0, 0.05) is 0 Å². The maximum Gasteiger partial charge on any atom is 0.119 e. The molecule has 0 aromatic heterocycles. The first-order valence-corrected chi connectivity index (χ1v) is 6.33. The summed E-state index contributed by atoms with van der Waals surface area (Å²) in [6.45, 7) is 8.87. The van der Waals surface area contributed by atoms with E-state index < -0.39 is 0 Å². The van der Waals surface area contributed by atoms with Crippen LogP contribution in [0.2, 0.25) is 0 Å². The van der Waals surface area contributed by atoms with Crippen LogP contribution in [0.3, 0.4) is 0 Å². The zero-order chi connectivity index (χ0) is 12.9. The highest BCUT2D eigenvalue weighted by atomic mass is 16.5. The molecule has 1 rings (SSSR count). The average molecular weight is 236 g/mol. The lowest BCUT2D eigenvalue weighted by molar-refractivity contribution is 0.0560. The second-order valence-electron chi connectivity index (χ2n) is 5.50. The Morgan fingerprint density at radius 1 is 1.18 bits per heavy atom. The smallest absolute Gasteiger partial charge is 0.119 e. The minimum atomic E-state index is -0.255. The fraction of sp³-hybridized carbons (Fsp3) is 0.600. The van der Waals surface area contributed by atoms with Crippen molar-refractivity contribution in [1.29, 1.82) is 0 Å². The first-order valence-electron chi connectivity index (χ1n) is 6.33. The van der Waals surface area contributed by atoms with Crippen molar-refractivity contribution in [2.75, 3.05) is 6.61 Å². The highest BCUT2D eigenvalue weighted by Gasteiger charge is 2.21. The lowest BCUT2D eigenvalue weighted by Gasteiger charge is -2.25. The molecular weight excluding hydrogens is 212 g/mol. The second kappa shape index (κ2) is 6.06. The standard InChI is InChI=1S/C15H24O2/c1-5-17-13-9-6-12(7-10-13)8-11-14(16)15(2,3)4/h6-7,9-10,14,16H,5,8,11H2,1-4H3. The number of rotatable bonds is 5. The van der Waals surface area contributed by atoms with Gasteiger partial charge in [-0.2, -0.15) is 0 Å². The summed E-state index contributed by atoms with van der Waals surface area (Å²) in [5.41, 5.74) is 1.21. The lowest BCUT2D eigenvalue weighted by atomic mass is 9.86. The molecule has 0 spiro atoms. The maximum atomic E-state index is 9.96. The highest BCUT2D eigenvalue weighted by molar-refractivity contribution is 5.27. The first-order chi connectivity index (χ1) is 7.93. The van der Waals surface area contributed by atoms with Crippen LogP contribution in [0.15, 0.2) is 24.3 Å². The number of hydrogen-bond acceptors (Lipinski definition) is 2. The lowest BCUT2D eigenvalue weighted by Crippen LogP contribution is -2.26. The summed E-state index contributed by atoms with van der Waals surface area (Å²) in [7, 11) is 0. The predicted molar refractivity (Wildman–Crippen MR) is 71.4 cm³/mol. The van der Waals surface area contributed by atoms with Gasteiger partial charge in [-0.25, -0.2) is 0 Å². The molecule has 0 saturated heterocycles. The minimum Gasteiger partial charge on any atom is -0.494 e. The van der Waals surface area contributed by atoms with E-state index in [9.17, 15) is 5.11 Å². The average Bonchev–Trinajstić information content (AvgIpc) is 2.27. The molecule has 0 aliphatic carbocycles. The first kappa shape index (κ1) is 14.0. The van der Waals surface area contributed by atoms with E-state index in [-0.39, 0.29) is 11.5 Å². The monoisotopic (exact) mass is 236 g/mol. The van der Waals surface area contributed by atoms with Crippen molar-refractivity contribution in [2.45, 2.75) is 46.6 Å². The Hall–Kier alpha value is -1.02. The number of ether oxygens (including phenoxy) is 1. The summed E-state index contributed by atoms with van der Waals surface area (Å²) in [6, 6.07) is 8.12. The molecule has 1 atom stereocenters. The van der Waals surface area contributed by atoms with E-state index in [1.807, 2.05) is 19.1 Å². The molecule has 0 bridgehead atoms. The van der Waals surface area contributed by atoms with Crippen LogP contribution in [0, 0.1) is 5.41 Å². The predicted octanol–water partition coefficient (Wildman–Crippen LogP) is 3.42. The summed E-state index contributed by atoms with van der Waals surface area (Å²) in [5.74, 6) is 0.910. The van der Waals surface area contributed by atoms with Crippen LogP contribution in [-0.2, 0) is 6.42 Å². The normalized spacial score (nSPS) is 13.5. The van der Waals surface area contributed by atoms with Crippen molar-refractivity contribution in [2.24, 2.45) is 5.41 Å². The van der Waals surface area contributed by atoms with Gasteiger partial charge in [0.1, 0.15) is 5.75 Å². The van der Waals surface area contributed by atoms with E-state index in [2.05, 4.69) is 32.9 Å². The molecule has 1 aromatic carbocycles. The third kappa shape index (κ3) is 4.78. The van der Waals surface area contributed by atoms with E-state index in [1.54, 1.807) is 0 Å². The van der Waals surface area contributed by atoms with E-state index in [4.69, 9.17) is 4.74 Å². The van der Waals surface area contributed by atoms with E-state index >= 15 is 0 Å². The van der Waals surface area contributed by atoms with Crippen molar-refractivity contribution >= 4 is 0 Å². The van der Waals surface area contributed by atoms with Crippen molar-refractivity contribution in [3.63, 3.8) is 0 Å². The van der Waals surface area contributed by atoms with Crippen molar-refractivity contribution < 1.29 is 9.84 Å². The minimum absolute atomic E-state index is 0.0364. The van der Waals surface area contributed by atoms with Gasteiger partial charge in [0.15, 0.2) is 0 Å². The molecule has 0 amide bonds. The van der Waals surface area contributed by atoms with Crippen LogP contribution >= 0.6 is 0 Å². The fourth-order valence-electron chi connectivity index (χ4n) is 1.66. The van der Waals surface area contributed by atoms with Gasteiger partial charge in [-0.15, -0.1) is 0 Å². The molecule has 0 saturated carbocycles. The molecule has 1 unspecified atom stereocenters. The Labute approximate surface area is 105 Å². The topological polar surface area (TPSA) is 29.5 Å². The molecule has 0 fully saturated rings. The van der Waals surface area contributed by atoms with Crippen LogP contribution in [0.25, 0.3) is 0 Å². The van der Waals surface area contributed by atoms with Gasteiger partial charge >= 0.3 is 0 Å².